The second-order valence-corrected chi connectivity index (χ2v) is 8.16. The molecular formula is C24H25NO. The van der Waals surface area contributed by atoms with Gasteiger partial charge < -0.3 is 10.4 Å². The zero-order valence-electron chi connectivity index (χ0n) is 15.8. The van der Waals surface area contributed by atoms with Crippen LogP contribution in [0.25, 0.3) is 11.1 Å². The second-order valence-electron chi connectivity index (χ2n) is 8.16. The number of hydrogen-bond acceptors (Lipinski definition) is 2. The van der Waals surface area contributed by atoms with Crippen molar-refractivity contribution in [1.82, 2.24) is 0 Å². The maximum atomic E-state index is 10.6. The number of anilines is 2. The largest absolute Gasteiger partial charge is 0.386 e. The summed E-state index contributed by atoms with van der Waals surface area (Å²) in [6.45, 7) is 8.23. The highest BCUT2D eigenvalue weighted by atomic mass is 16.3. The molecule has 0 saturated carbocycles. The van der Waals surface area contributed by atoms with Crippen LogP contribution in [0.4, 0.5) is 11.4 Å². The Morgan fingerprint density at radius 2 is 1.46 bits per heavy atom. The highest BCUT2D eigenvalue weighted by Gasteiger charge is 2.32. The fraction of sp³-hybridized carbons (Fsp3) is 0.250. The minimum Gasteiger partial charge on any atom is -0.386 e. The zero-order chi connectivity index (χ0) is 18.5. The molecule has 2 nitrogen and oxygen atoms in total. The maximum Gasteiger partial charge on any atom is 0.0846 e. The van der Waals surface area contributed by atoms with E-state index >= 15 is 0 Å². The van der Waals surface area contributed by atoms with Crippen LogP contribution in [0, 0.1) is 0 Å². The summed E-state index contributed by atoms with van der Waals surface area (Å²) in [6, 6.07) is 23.2. The lowest BCUT2D eigenvalue weighted by Gasteiger charge is -2.36. The first-order chi connectivity index (χ1) is 12.3. The topological polar surface area (TPSA) is 32.3 Å². The lowest BCUT2D eigenvalue weighted by atomic mass is 9.73. The lowest BCUT2D eigenvalue weighted by Crippen LogP contribution is -2.26. The van der Waals surface area contributed by atoms with E-state index in [-0.39, 0.29) is 5.41 Å². The molecule has 1 aliphatic rings. The molecule has 4 rings (SSSR count). The van der Waals surface area contributed by atoms with Crippen LogP contribution in [-0.2, 0) is 11.0 Å². The lowest BCUT2D eigenvalue weighted by molar-refractivity contribution is 0.0792. The summed E-state index contributed by atoms with van der Waals surface area (Å²) in [5.41, 5.74) is 7.10. The van der Waals surface area contributed by atoms with E-state index in [0.29, 0.717) is 0 Å². The van der Waals surface area contributed by atoms with Crippen LogP contribution >= 0.6 is 0 Å². The van der Waals surface area contributed by atoms with Crippen molar-refractivity contribution in [3.8, 4) is 11.1 Å². The molecule has 0 aromatic heterocycles. The van der Waals surface area contributed by atoms with E-state index in [2.05, 4.69) is 67.7 Å². The fourth-order valence-corrected chi connectivity index (χ4v) is 4.03. The van der Waals surface area contributed by atoms with Crippen molar-refractivity contribution >= 4 is 11.4 Å². The standard InChI is InChI=1S/C24H25NO/c1-23(2)19-11-7-8-12-21(19)25-22-14-13-16(15-20(22)23)17-9-5-6-10-18(17)24(3,4)26/h5-15,25-26H,1-4H3. The monoisotopic (exact) mass is 343 g/mol. The molecule has 0 saturated heterocycles. The maximum absolute atomic E-state index is 10.6. The molecule has 0 fully saturated rings. The fourth-order valence-electron chi connectivity index (χ4n) is 4.03. The van der Waals surface area contributed by atoms with Gasteiger partial charge in [-0.15, -0.1) is 0 Å². The van der Waals surface area contributed by atoms with Gasteiger partial charge in [-0.05, 0) is 59.9 Å². The molecule has 0 atom stereocenters. The second kappa shape index (κ2) is 5.72. The summed E-state index contributed by atoms with van der Waals surface area (Å²) in [4.78, 5) is 0. The van der Waals surface area contributed by atoms with E-state index in [1.54, 1.807) is 0 Å². The van der Waals surface area contributed by atoms with Crippen LogP contribution in [0.1, 0.15) is 44.4 Å². The molecule has 26 heavy (non-hydrogen) atoms. The molecule has 1 heterocycles. The molecule has 0 radical (unpaired) electrons. The van der Waals surface area contributed by atoms with Gasteiger partial charge in [0, 0.05) is 16.8 Å². The molecule has 2 heteroatoms. The van der Waals surface area contributed by atoms with Crippen molar-refractivity contribution in [3.05, 3.63) is 83.4 Å². The van der Waals surface area contributed by atoms with Crippen LogP contribution in [0.15, 0.2) is 66.7 Å². The average molecular weight is 343 g/mol. The molecule has 0 spiro atoms. The highest BCUT2D eigenvalue weighted by molar-refractivity contribution is 5.80. The number of fused-ring (bicyclic) bond motifs is 2. The van der Waals surface area contributed by atoms with Crippen LogP contribution in [0.2, 0.25) is 0 Å². The molecule has 3 aromatic carbocycles. The summed E-state index contributed by atoms with van der Waals surface area (Å²) in [5.74, 6) is 0. The van der Waals surface area contributed by atoms with E-state index < -0.39 is 5.60 Å². The van der Waals surface area contributed by atoms with Gasteiger partial charge >= 0.3 is 0 Å². The van der Waals surface area contributed by atoms with Gasteiger partial charge in [-0.25, -0.2) is 0 Å². The van der Waals surface area contributed by atoms with Crippen molar-refractivity contribution in [1.29, 1.82) is 0 Å². The SMILES string of the molecule is CC(C)(O)c1ccccc1-c1ccc2c(c1)C(C)(C)c1ccccc1N2. The summed E-state index contributed by atoms with van der Waals surface area (Å²) in [6.07, 6.45) is 0. The van der Waals surface area contributed by atoms with Crippen LogP contribution < -0.4 is 5.32 Å². The van der Waals surface area contributed by atoms with Gasteiger partial charge in [0.15, 0.2) is 0 Å². The Morgan fingerprint density at radius 3 is 2.23 bits per heavy atom. The predicted octanol–water partition coefficient (Wildman–Crippen LogP) is 5.96. The highest BCUT2D eigenvalue weighted by Crippen LogP contribution is 2.46. The van der Waals surface area contributed by atoms with Gasteiger partial charge in [0.1, 0.15) is 0 Å². The van der Waals surface area contributed by atoms with E-state index in [4.69, 9.17) is 0 Å². The molecule has 0 aliphatic carbocycles. The van der Waals surface area contributed by atoms with Gasteiger partial charge in [0.05, 0.1) is 5.60 Å². The zero-order valence-corrected chi connectivity index (χ0v) is 15.8. The predicted molar refractivity (Wildman–Crippen MR) is 109 cm³/mol. The van der Waals surface area contributed by atoms with Crippen molar-refractivity contribution < 1.29 is 5.11 Å². The Labute approximate surface area is 155 Å². The van der Waals surface area contributed by atoms with E-state index in [9.17, 15) is 5.11 Å². The van der Waals surface area contributed by atoms with Gasteiger partial charge in [-0.2, -0.15) is 0 Å². The van der Waals surface area contributed by atoms with Crippen molar-refractivity contribution in [2.45, 2.75) is 38.7 Å². The van der Waals surface area contributed by atoms with Crippen LogP contribution in [0.5, 0.6) is 0 Å². The molecule has 0 amide bonds. The number of aliphatic hydroxyl groups is 1. The Balaban J connectivity index is 1.89. The number of hydrogen-bond donors (Lipinski definition) is 2. The quantitative estimate of drug-likeness (QED) is 0.601. The van der Waals surface area contributed by atoms with Crippen molar-refractivity contribution in [3.63, 3.8) is 0 Å². The minimum atomic E-state index is -0.882. The van der Waals surface area contributed by atoms with E-state index in [1.165, 1.54) is 16.8 Å². The summed E-state index contributed by atoms with van der Waals surface area (Å²) < 4.78 is 0. The first-order valence-corrected chi connectivity index (χ1v) is 9.12. The van der Waals surface area contributed by atoms with E-state index in [0.717, 1.165) is 22.4 Å². The summed E-state index contributed by atoms with van der Waals surface area (Å²) >= 11 is 0. The molecule has 132 valence electrons. The molecule has 0 bridgehead atoms. The average Bonchev–Trinajstić information content (AvgIpc) is 2.61. The van der Waals surface area contributed by atoms with Gasteiger partial charge in [-0.3, -0.25) is 0 Å². The van der Waals surface area contributed by atoms with Crippen molar-refractivity contribution in [2.24, 2.45) is 0 Å². The van der Waals surface area contributed by atoms with Crippen LogP contribution in [0.3, 0.4) is 0 Å². The third kappa shape index (κ3) is 2.62. The van der Waals surface area contributed by atoms with Gasteiger partial charge in [0.25, 0.3) is 0 Å². The summed E-state index contributed by atoms with van der Waals surface area (Å²) in [7, 11) is 0. The van der Waals surface area contributed by atoms with E-state index in [1.807, 2.05) is 32.0 Å². The van der Waals surface area contributed by atoms with Gasteiger partial charge in [-0.1, -0.05) is 62.4 Å². The third-order valence-corrected chi connectivity index (χ3v) is 5.46. The Hall–Kier alpha value is -2.58. The first kappa shape index (κ1) is 16.9. The Bertz CT molecular complexity index is 979. The third-order valence-electron chi connectivity index (χ3n) is 5.46. The Morgan fingerprint density at radius 1 is 0.808 bits per heavy atom. The van der Waals surface area contributed by atoms with Crippen LogP contribution in [-0.4, -0.2) is 5.11 Å². The molecular weight excluding hydrogens is 318 g/mol. The number of nitrogens with one attached hydrogen (secondary N) is 1. The minimum absolute atomic E-state index is 0.0864. The van der Waals surface area contributed by atoms with Crippen molar-refractivity contribution in [2.75, 3.05) is 5.32 Å². The number of benzene rings is 3. The molecule has 1 aliphatic heterocycles. The first-order valence-electron chi connectivity index (χ1n) is 9.12. The smallest absolute Gasteiger partial charge is 0.0846 e. The number of rotatable bonds is 2. The Kier molecular flexibility index (Phi) is 3.71. The molecule has 3 aromatic rings. The molecule has 2 N–H and O–H groups in total. The molecule has 0 unspecified atom stereocenters. The van der Waals surface area contributed by atoms with Gasteiger partial charge in [0.2, 0.25) is 0 Å². The summed E-state index contributed by atoms with van der Waals surface area (Å²) in [5, 5.41) is 14.2. The number of para-hydroxylation sites is 1. The normalized spacial score (nSPS) is 15.0.